The van der Waals surface area contributed by atoms with E-state index in [2.05, 4.69) is 19.9 Å². The maximum absolute atomic E-state index is 13.2. The Kier molecular flexibility index (Phi) is 4.04. The molecule has 1 saturated carbocycles. The van der Waals surface area contributed by atoms with Crippen LogP contribution < -0.4 is 11.3 Å². The number of rotatable bonds is 5. The second-order valence-electron chi connectivity index (χ2n) is 7.15. The number of aryl methyl sites for hydroxylation is 1. The monoisotopic (exact) mass is 393 g/mol. The Morgan fingerprint density at radius 2 is 2.14 bits per heavy atom. The Bertz CT molecular complexity index is 1260. The van der Waals surface area contributed by atoms with E-state index >= 15 is 0 Å². The van der Waals surface area contributed by atoms with Crippen LogP contribution in [0.3, 0.4) is 0 Å². The van der Waals surface area contributed by atoms with Crippen molar-refractivity contribution in [3.63, 3.8) is 0 Å². The van der Waals surface area contributed by atoms with Crippen LogP contribution in [0.5, 0.6) is 0 Å². The molecule has 0 unspecified atom stereocenters. The quantitative estimate of drug-likeness (QED) is 0.501. The molecule has 1 aliphatic carbocycles. The Balaban J connectivity index is 1.52. The molecule has 0 radical (unpaired) electrons. The van der Waals surface area contributed by atoms with Crippen LogP contribution in [0, 0.1) is 12.8 Å². The molecule has 0 amide bonds. The third kappa shape index (κ3) is 3.11. The summed E-state index contributed by atoms with van der Waals surface area (Å²) in [7, 11) is 0. The summed E-state index contributed by atoms with van der Waals surface area (Å²) in [5.74, 6) is 2.08. The largest absolute Gasteiger partial charge is 0.368 e. The van der Waals surface area contributed by atoms with E-state index in [1.165, 1.54) is 24.6 Å². The molecule has 1 aromatic carbocycles. The van der Waals surface area contributed by atoms with Gasteiger partial charge in [-0.05, 0) is 37.3 Å². The van der Waals surface area contributed by atoms with Gasteiger partial charge in [0.15, 0.2) is 10.8 Å². The van der Waals surface area contributed by atoms with Gasteiger partial charge in [-0.15, -0.1) is 0 Å². The summed E-state index contributed by atoms with van der Waals surface area (Å²) in [6.07, 6.45) is 3.97. The molecule has 5 rings (SSSR count). The van der Waals surface area contributed by atoms with Crippen molar-refractivity contribution in [1.29, 1.82) is 0 Å². The van der Waals surface area contributed by atoms with Gasteiger partial charge in [-0.25, -0.2) is 15.0 Å². The predicted molar refractivity (Wildman–Crippen MR) is 109 cm³/mol. The number of thioether (sulfide) groups is 1. The molecule has 0 atom stereocenters. The molecule has 0 saturated heterocycles. The van der Waals surface area contributed by atoms with Crippen molar-refractivity contribution in [2.75, 3.05) is 5.73 Å². The lowest BCUT2D eigenvalue weighted by Crippen LogP contribution is -2.26. The number of aromatic nitrogens is 6. The number of fused-ring (bicyclic) bond motifs is 2. The fourth-order valence-electron chi connectivity index (χ4n) is 3.33. The van der Waals surface area contributed by atoms with Gasteiger partial charge in [0, 0.05) is 6.54 Å². The Labute approximate surface area is 164 Å². The molecule has 0 bridgehead atoms. The number of nitrogens with zero attached hydrogens (tertiary/aromatic N) is 5. The van der Waals surface area contributed by atoms with Gasteiger partial charge in [0.25, 0.3) is 5.56 Å². The molecular weight excluding hydrogens is 374 g/mol. The van der Waals surface area contributed by atoms with E-state index in [0.717, 1.165) is 29.0 Å². The minimum absolute atomic E-state index is 0.0499. The molecule has 3 aromatic heterocycles. The summed E-state index contributed by atoms with van der Waals surface area (Å²) >= 11 is 1.49. The van der Waals surface area contributed by atoms with Crippen molar-refractivity contribution in [3.8, 4) is 0 Å². The second kappa shape index (κ2) is 6.59. The second-order valence-corrected chi connectivity index (χ2v) is 8.12. The number of nitrogens with two attached hydrogens (primary N) is 1. The van der Waals surface area contributed by atoms with E-state index in [0.29, 0.717) is 27.9 Å². The molecule has 28 heavy (non-hydrogen) atoms. The summed E-state index contributed by atoms with van der Waals surface area (Å²) in [4.78, 5) is 33.7. The van der Waals surface area contributed by atoms with Gasteiger partial charge in [0.05, 0.1) is 22.9 Å². The minimum atomic E-state index is 0.0499. The lowest BCUT2D eigenvalue weighted by molar-refractivity contribution is 0.581. The fraction of sp³-hybridized carbons (Fsp3) is 0.316. The highest BCUT2D eigenvalue weighted by Crippen LogP contribution is 2.31. The van der Waals surface area contributed by atoms with Gasteiger partial charge in [0.1, 0.15) is 11.3 Å². The topological polar surface area (TPSA) is 115 Å². The van der Waals surface area contributed by atoms with Gasteiger partial charge in [-0.1, -0.05) is 23.9 Å². The minimum Gasteiger partial charge on any atom is -0.368 e. The van der Waals surface area contributed by atoms with Crippen LogP contribution in [-0.2, 0) is 12.3 Å². The van der Waals surface area contributed by atoms with E-state index in [4.69, 9.17) is 10.7 Å². The van der Waals surface area contributed by atoms with Crippen molar-refractivity contribution in [2.24, 2.45) is 5.92 Å². The summed E-state index contributed by atoms with van der Waals surface area (Å²) < 4.78 is 1.85. The first-order valence-corrected chi connectivity index (χ1v) is 10.2. The highest BCUT2D eigenvalue weighted by Gasteiger charge is 2.24. The zero-order valence-electron chi connectivity index (χ0n) is 15.3. The Hall–Kier alpha value is -2.94. The highest BCUT2D eigenvalue weighted by molar-refractivity contribution is 7.98. The first kappa shape index (κ1) is 17.2. The number of nitrogen functional groups attached to an aromatic ring is 1. The Morgan fingerprint density at radius 1 is 1.29 bits per heavy atom. The summed E-state index contributed by atoms with van der Waals surface area (Å²) in [5.41, 5.74) is 8.65. The van der Waals surface area contributed by atoms with Gasteiger partial charge >= 0.3 is 0 Å². The molecule has 1 aliphatic rings. The maximum atomic E-state index is 13.2. The van der Waals surface area contributed by atoms with E-state index in [1.54, 1.807) is 6.20 Å². The SMILES string of the molecule is Cc1cccc2nc(CSc3nc4nc(N)ncc4[nH]3)n(CC3CC3)c(=O)c12. The van der Waals surface area contributed by atoms with Gasteiger partial charge < -0.3 is 10.7 Å². The molecular formula is C19H19N7OS. The lowest BCUT2D eigenvalue weighted by Gasteiger charge is -2.13. The van der Waals surface area contributed by atoms with Crippen LogP contribution in [0.2, 0.25) is 0 Å². The molecule has 0 aliphatic heterocycles. The van der Waals surface area contributed by atoms with Crippen molar-refractivity contribution in [3.05, 3.63) is 46.1 Å². The van der Waals surface area contributed by atoms with Crippen LogP contribution in [0.15, 0.2) is 34.3 Å². The summed E-state index contributed by atoms with van der Waals surface area (Å²) in [6, 6.07) is 5.80. The first-order valence-electron chi connectivity index (χ1n) is 9.18. The van der Waals surface area contributed by atoms with Gasteiger partial charge in [-0.3, -0.25) is 9.36 Å². The standard InChI is InChI=1S/C19H19N7OS/c1-10-3-2-4-12-15(10)17(27)26(8-11-5-6-11)14(22-12)9-28-19-23-13-7-21-18(20)24-16(13)25-19/h2-4,7,11H,5-6,8-9H2,1H3,(H3,20,21,23,24,25). The molecule has 9 heteroatoms. The smallest absolute Gasteiger partial charge is 0.261 e. The average Bonchev–Trinajstić information content (AvgIpc) is 3.40. The molecule has 3 N–H and O–H groups in total. The summed E-state index contributed by atoms with van der Waals surface area (Å²) in [6.45, 7) is 2.69. The van der Waals surface area contributed by atoms with Crippen LogP contribution in [-0.4, -0.2) is 29.5 Å². The lowest BCUT2D eigenvalue weighted by atomic mass is 10.1. The number of anilines is 1. The van der Waals surface area contributed by atoms with Gasteiger partial charge in [0.2, 0.25) is 5.95 Å². The molecule has 1 fully saturated rings. The zero-order chi connectivity index (χ0) is 19.3. The van der Waals surface area contributed by atoms with E-state index in [1.807, 2.05) is 29.7 Å². The van der Waals surface area contributed by atoms with Crippen LogP contribution in [0.4, 0.5) is 5.95 Å². The number of H-pyrrole nitrogens is 1. The number of aromatic amines is 1. The van der Waals surface area contributed by atoms with E-state index < -0.39 is 0 Å². The van der Waals surface area contributed by atoms with Crippen LogP contribution in [0.25, 0.3) is 22.1 Å². The van der Waals surface area contributed by atoms with E-state index in [9.17, 15) is 4.79 Å². The highest BCUT2D eigenvalue weighted by atomic mass is 32.2. The van der Waals surface area contributed by atoms with Gasteiger partial charge in [-0.2, -0.15) is 4.98 Å². The molecule has 8 nitrogen and oxygen atoms in total. The Morgan fingerprint density at radius 3 is 2.96 bits per heavy atom. The predicted octanol–water partition coefficient (Wildman–Crippen LogP) is 2.66. The fourth-order valence-corrected chi connectivity index (χ4v) is 4.15. The molecule has 142 valence electrons. The number of hydrogen-bond donors (Lipinski definition) is 2. The van der Waals surface area contributed by atoms with Crippen molar-refractivity contribution in [2.45, 2.75) is 37.2 Å². The maximum Gasteiger partial charge on any atom is 0.261 e. The molecule has 4 aromatic rings. The molecule has 0 spiro atoms. The number of hydrogen-bond acceptors (Lipinski definition) is 7. The van der Waals surface area contributed by atoms with Crippen LogP contribution >= 0.6 is 11.8 Å². The third-order valence-electron chi connectivity index (χ3n) is 4.98. The normalized spacial score (nSPS) is 14.2. The number of benzene rings is 1. The average molecular weight is 393 g/mol. The van der Waals surface area contributed by atoms with Crippen molar-refractivity contribution < 1.29 is 0 Å². The third-order valence-corrected chi connectivity index (χ3v) is 5.85. The first-order chi connectivity index (χ1) is 13.6. The van der Waals surface area contributed by atoms with Crippen molar-refractivity contribution >= 4 is 39.8 Å². The molecule has 3 heterocycles. The van der Waals surface area contributed by atoms with Crippen LogP contribution in [0.1, 0.15) is 24.2 Å². The van der Waals surface area contributed by atoms with E-state index in [-0.39, 0.29) is 11.5 Å². The van der Waals surface area contributed by atoms with Crippen molar-refractivity contribution in [1.82, 2.24) is 29.5 Å². The summed E-state index contributed by atoms with van der Waals surface area (Å²) in [5, 5.41) is 1.41. The zero-order valence-corrected chi connectivity index (χ0v) is 16.2. The number of imidazole rings is 1. The number of nitrogens with one attached hydrogen (secondary N) is 1.